The molecule has 0 aromatic heterocycles. The molecular weight excluding hydrogens is 340 g/mol. The summed E-state index contributed by atoms with van der Waals surface area (Å²) < 4.78 is 21.9. The number of ether oxygens (including phenoxy) is 4. The average molecular weight is 362 g/mol. The molecule has 2 N–H and O–H groups in total. The molecule has 2 unspecified atom stereocenters. The van der Waals surface area contributed by atoms with E-state index in [1.807, 2.05) is 30.3 Å². The van der Waals surface area contributed by atoms with Gasteiger partial charge in [-0.15, -0.1) is 0 Å². The zero-order valence-electron chi connectivity index (χ0n) is 14.3. The fraction of sp³-hybridized carbons (Fsp3) is 0.421. The van der Waals surface area contributed by atoms with Gasteiger partial charge in [-0.3, -0.25) is 0 Å². The van der Waals surface area contributed by atoms with E-state index in [4.69, 9.17) is 18.9 Å². The minimum absolute atomic E-state index is 0.0183. The summed E-state index contributed by atoms with van der Waals surface area (Å²) in [6.07, 6.45) is 2.64. The van der Waals surface area contributed by atoms with Gasteiger partial charge in [-0.1, -0.05) is 30.3 Å². The first-order valence-corrected chi connectivity index (χ1v) is 8.57. The number of hydrogen-bond donors (Lipinski definition) is 2. The van der Waals surface area contributed by atoms with Gasteiger partial charge in [0.05, 0.1) is 0 Å². The Kier molecular flexibility index (Phi) is 6.27. The van der Waals surface area contributed by atoms with Crippen LogP contribution in [-0.2, 0) is 30.3 Å². The lowest BCUT2D eigenvalue weighted by molar-refractivity contribution is -0.162. The van der Waals surface area contributed by atoms with Crippen molar-refractivity contribution in [3.63, 3.8) is 0 Å². The highest BCUT2D eigenvalue weighted by Gasteiger charge is 2.30. The second-order valence-corrected chi connectivity index (χ2v) is 6.06. The van der Waals surface area contributed by atoms with E-state index in [-0.39, 0.29) is 31.0 Å². The van der Waals surface area contributed by atoms with E-state index >= 15 is 0 Å². The molecule has 140 valence electrons. The lowest BCUT2D eigenvalue weighted by Gasteiger charge is -2.26. The van der Waals surface area contributed by atoms with Crippen LogP contribution in [0, 0.1) is 0 Å². The predicted octanol–water partition coefficient (Wildman–Crippen LogP) is 2.32. The van der Waals surface area contributed by atoms with E-state index in [2.05, 4.69) is 0 Å². The average Bonchev–Trinajstić information content (AvgIpc) is 2.66. The van der Waals surface area contributed by atoms with Crippen molar-refractivity contribution in [2.45, 2.75) is 38.3 Å². The standard InChI is InChI=1S/C19H22O7/c20-15-10-14(12-24-16-8-4-5-9-23-16)26-18(19(21)22)17(15)25-11-13-6-2-1-3-7-13/h1-3,6-7,10,15-16,20H,4-5,8-9,11-12H2,(H,21,22). The van der Waals surface area contributed by atoms with Crippen LogP contribution in [-0.4, -0.2) is 41.8 Å². The van der Waals surface area contributed by atoms with Gasteiger partial charge >= 0.3 is 5.97 Å². The Bertz CT molecular complexity index is 674. The highest BCUT2D eigenvalue weighted by molar-refractivity contribution is 5.85. The Morgan fingerprint density at radius 2 is 2.00 bits per heavy atom. The monoisotopic (exact) mass is 362 g/mol. The fourth-order valence-electron chi connectivity index (χ4n) is 2.73. The number of benzene rings is 1. The molecule has 0 amide bonds. The van der Waals surface area contributed by atoms with Crippen LogP contribution in [0.4, 0.5) is 0 Å². The summed E-state index contributed by atoms with van der Waals surface area (Å²) in [5.41, 5.74) is 0.851. The largest absolute Gasteiger partial charge is 0.486 e. The van der Waals surface area contributed by atoms with Gasteiger partial charge in [-0.25, -0.2) is 4.79 Å². The van der Waals surface area contributed by atoms with E-state index in [0.717, 1.165) is 24.8 Å². The van der Waals surface area contributed by atoms with Gasteiger partial charge < -0.3 is 29.2 Å². The molecule has 7 nitrogen and oxygen atoms in total. The lowest BCUT2D eigenvalue weighted by Crippen LogP contribution is -2.27. The number of rotatable bonds is 7. The summed E-state index contributed by atoms with van der Waals surface area (Å²) in [5.74, 6) is -1.65. The summed E-state index contributed by atoms with van der Waals surface area (Å²) in [5, 5.41) is 19.7. The molecule has 2 aliphatic rings. The topological polar surface area (TPSA) is 94.5 Å². The van der Waals surface area contributed by atoms with Crippen molar-refractivity contribution in [2.24, 2.45) is 0 Å². The van der Waals surface area contributed by atoms with Gasteiger partial charge in [-0.2, -0.15) is 0 Å². The molecule has 0 saturated carbocycles. The van der Waals surface area contributed by atoms with Crippen LogP contribution >= 0.6 is 0 Å². The highest BCUT2D eigenvalue weighted by Crippen LogP contribution is 2.26. The first kappa shape index (κ1) is 18.4. The maximum atomic E-state index is 11.5. The van der Waals surface area contributed by atoms with Gasteiger partial charge in [0.1, 0.15) is 25.1 Å². The number of aliphatic hydroxyl groups is 1. The number of aliphatic hydroxyl groups excluding tert-OH is 1. The summed E-state index contributed by atoms with van der Waals surface area (Å²) >= 11 is 0. The smallest absolute Gasteiger partial charge is 0.375 e. The number of carbonyl (C=O) groups is 1. The van der Waals surface area contributed by atoms with Gasteiger partial charge in [-0.05, 0) is 30.9 Å². The molecule has 0 radical (unpaired) electrons. The molecule has 3 rings (SSSR count). The molecule has 26 heavy (non-hydrogen) atoms. The van der Waals surface area contributed by atoms with Crippen molar-refractivity contribution in [3.8, 4) is 0 Å². The van der Waals surface area contributed by atoms with Crippen molar-refractivity contribution in [1.82, 2.24) is 0 Å². The third kappa shape index (κ3) is 4.85. The van der Waals surface area contributed by atoms with Gasteiger partial charge in [0.2, 0.25) is 0 Å². The molecule has 1 aromatic rings. The lowest BCUT2D eigenvalue weighted by atomic mass is 10.1. The molecule has 1 aromatic carbocycles. The van der Waals surface area contributed by atoms with E-state index in [0.29, 0.717) is 6.61 Å². The van der Waals surface area contributed by atoms with Crippen molar-refractivity contribution in [3.05, 3.63) is 59.2 Å². The van der Waals surface area contributed by atoms with Crippen LogP contribution in [0.3, 0.4) is 0 Å². The molecule has 2 aliphatic heterocycles. The Morgan fingerprint density at radius 3 is 2.69 bits per heavy atom. The van der Waals surface area contributed by atoms with Crippen LogP contribution in [0.2, 0.25) is 0 Å². The third-order valence-corrected chi connectivity index (χ3v) is 4.05. The molecule has 1 saturated heterocycles. The first-order valence-electron chi connectivity index (χ1n) is 8.57. The number of hydrogen-bond acceptors (Lipinski definition) is 6. The molecule has 2 atom stereocenters. The van der Waals surface area contributed by atoms with Crippen molar-refractivity contribution < 1.29 is 34.0 Å². The Labute approximate surface area is 151 Å². The van der Waals surface area contributed by atoms with E-state index in [1.165, 1.54) is 6.08 Å². The zero-order chi connectivity index (χ0) is 18.4. The second-order valence-electron chi connectivity index (χ2n) is 6.06. The van der Waals surface area contributed by atoms with Crippen molar-refractivity contribution in [2.75, 3.05) is 13.2 Å². The quantitative estimate of drug-likeness (QED) is 0.769. The molecule has 0 bridgehead atoms. The van der Waals surface area contributed by atoms with Crippen LogP contribution in [0.15, 0.2) is 53.7 Å². The van der Waals surface area contributed by atoms with Crippen LogP contribution in [0.25, 0.3) is 0 Å². The van der Waals surface area contributed by atoms with Crippen molar-refractivity contribution in [1.29, 1.82) is 0 Å². The highest BCUT2D eigenvalue weighted by atomic mass is 16.7. The van der Waals surface area contributed by atoms with Gasteiger partial charge in [0.25, 0.3) is 5.76 Å². The Morgan fingerprint density at radius 1 is 1.19 bits per heavy atom. The molecule has 7 heteroatoms. The minimum Gasteiger partial charge on any atom is -0.486 e. The van der Waals surface area contributed by atoms with Gasteiger partial charge in [0.15, 0.2) is 12.0 Å². The summed E-state index contributed by atoms with van der Waals surface area (Å²) in [7, 11) is 0. The minimum atomic E-state index is -1.31. The summed E-state index contributed by atoms with van der Waals surface area (Å²) in [6.45, 7) is 0.790. The Hall–Kier alpha value is -2.35. The number of carboxylic acid groups (broad SMARTS) is 1. The molecule has 2 heterocycles. The molecule has 0 spiro atoms. The zero-order valence-corrected chi connectivity index (χ0v) is 14.3. The van der Waals surface area contributed by atoms with Crippen molar-refractivity contribution >= 4 is 5.97 Å². The van der Waals surface area contributed by atoms with E-state index in [1.54, 1.807) is 0 Å². The molecule has 0 aliphatic carbocycles. The van der Waals surface area contributed by atoms with Crippen LogP contribution < -0.4 is 0 Å². The van der Waals surface area contributed by atoms with Crippen LogP contribution in [0.1, 0.15) is 24.8 Å². The maximum absolute atomic E-state index is 11.5. The van der Waals surface area contributed by atoms with E-state index in [9.17, 15) is 15.0 Å². The Balaban J connectivity index is 1.62. The van der Waals surface area contributed by atoms with Crippen LogP contribution in [0.5, 0.6) is 0 Å². The predicted molar refractivity (Wildman–Crippen MR) is 90.6 cm³/mol. The number of aliphatic carboxylic acids is 1. The maximum Gasteiger partial charge on any atom is 0.375 e. The first-order chi connectivity index (χ1) is 12.6. The fourth-order valence-corrected chi connectivity index (χ4v) is 2.73. The van der Waals surface area contributed by atoms with Gasteiger partial charge in [0, 0.05) is 6.61 Å². The van der Waals surface area contributed by atoms with E-state index < -0.39 is 17.8 Å². The third-order valence-electron chi connectivity index (χ3n) is 4.05. The molecule has 1 fully saturated rings. The number of carboxylic acids is 1. The second kappa shape index (κ2) is 8.84. The summed E-state index contributed by atoms with van der Waals surface area (Å²) in [4.78, 5) is 11.5. The SMILES string of the molecule is O=C(O)C1=C(OCc2ccccc2)C(O)C=C(COC2CCCCO2)O1. The molecular formula is C19H22O7. The normalized spacial score (nSPS) is 23.2. The summed E-state index contributed by atoms with van der Waals surface area (Å²) in [6, 6.07) is 9.26.